The molecule has 0 aromatic heterocycles. The van der Waals surface area contributed by atoms with E-state index in [2.05, 4.69) is 62.5 Å². The van der Waals surface area contributed by atoms with Gasteiger partial charge in [-0.3, -0.25) is 14.1 Å². The van der Waals surface area contributed by atoms with Gasteiger partial charge in [-0.05, 0) is 64.2 Å². The SMILES string of the molecule is CC/C=C\C/C=C\C/C=C\CCCCCCCCCC(=O)OC(COC(=O)CCCCCCC/C=C\CCC)COC1OC(CS(=O)(=O)O)C(O)C(O)C1O. The summed E-state index contributed by atoms with van der Waals surface area (Å²) in [6.07, 6.45) is 27.4. The van der Waals surface area contributed by atoms with Gasteiger partial charge in [0.05, 0.1) is 6.61 Å². The predicted octanol–water partition coefficient (Wildman–Crippen LogP) is 7.61. The Morgan fingerprint density at radius 2 is 1.15 bits per heavy atom. The van der Waals surface area contributed by atoms with Crippen LogP contribution in [-0.4, -0.2) is 96.0 Å². The highest BCUT2D eigenvalue weighted by molar-refractivity contribution is 7.85. The van der Waals surface area contributed by atoms with E-state index in [0.29, 0.717) is 12.8 Å². The van der Waals surface area contributed by atoms with Crippen LogP contribution < -0.4 is 0 Å². The van der Waals surface area contributed by atoms with Crippen molar-refractivity contribution >= 4 is 22.1 Å². The number of ether oxygens (including phenoxy) is 4. The smallest absolute Gasteiger partial charge is 0.306 e. The molecule has 1 aliphatic heterocycles. The molecule has 12 nitrogen and oxygen atoms in total. The van der Waals surface area contributed by atoms with Gasteiger partial charge in [-0.25, -0.2) is 0 Å². The number of carbonyl (C=O) groups is 2. The van der Waals surface area contributed by atoms with Gasteiger partial charge in [-0.2, -0.15) is 8.42 Å². The number of hydrogen-bond donors (Lipinski definition) is 4. The second-order valence-electron chi connectivity index (χ2n) is 14.3. The number of allylic oxidation sites excluding steroid dienone is 8. The maximum Gasteiger partial charge on any atom is 0.306 e. The minimum atomic E-state index is -4.60. The quantitative estimate of drug-likeness (QED) is 0.0221. The number of aliphatic hydroxyl groups excluding tert-OH is 3. The summed E-state index contributed by atoms with van der Waals surface area (Å²) in [4.78, 5) is 25.3. The van der Waals surface area contributed by atoms with Crippen molar-refractivity contribution in [1.29, 1.82) is 0 Å². The highest BCUT2D eigenvalue weighted by atomic mass is 32.2. The van der Waals surface area contributed by atoms with E-state index in [4.69, 9.17) is 18.9 Å². The topological polar surface area (TPSA) is 186 Å². The van der Waals surface area contributed by atoms with Crippen LogP contribution in [0, 0.1) is 0 Å². The standard InChI is InChI=1S/C42H72O12S/c1-3-5-7-9-11-13-15-16-17-18-19-20-21-23-25-27-29-31-38(44)53-35(32-51-37(43)30-28-26-24-22-14-12-10-8-6-4-2)33-52-42-41(47)40(46)39(45)36(54-42)34-55(48,49)50/h5,7-8,10-11,13,16-17,35-36,39-42,45-47H,3-4,6,9,12,14-15,18-34H2,1-2H3,(H,48,49,50)/b7-5-,10-8-,13-11-,17-16-. The molecule has 0 amide bonds. The van der Waals surface area contributed by atoms with Gasteiger partial charge in [-0.1, -0.05) is 120 Å². The van der Waals surface area contributed by atoms with Gasteiger partial charge in [-0.15, -0.1) is 0 Å². The van der Waals surface area contributed by atoms with Crippen LogP contribution in [0.25, 0.3) is 0 Å². The Morgan fingerprint density at radius 1 is 0.636 bits per heavy atom. The van der Waals surface area contributed by atoms with Crippen molar-refractivity contribution in [1.82, 2.24) is 0 Å². The molecule has 13 heteroatoms. The lowest BCUT2D eigenvalue weighted by molar-refractivity contribution is -0.297. The molecule has 6 unspecified atom stereocenters. The third-order valence-electron chi connectivity index (χ3n) is 9.12. The summed E-state index contributed by atoms with van der Waals surface area (Å²) in [5.74, 6) is -2.02. The van der Waals surface area contributed by atoms with E-state index in [0.717, 1.165) is 109 Å². The third kappa shape index (κ3) is 27.8. The molecule has 1 rings (SSSR count). The molecule has 0 spiro atoms. The Kier molecular flexibility index (Phi) is 30.1. The number of unbranched alkanes of at least 4 members (excludes halogenated alkanes) is 13. The summed E-state index contributed by atoms with van der Waals surface area (Å²) in [6, 6.07) is 0. The van der Waals surface area contributed by atoms with Crippen LogP contribution in [0.15, 0.2) is 48.6 Å². The Bertz CT molecular complexity index is 1210. The lowest BCUT2D eigenvalue weighted by Crippen LogP contribution is -2.60. The summed E-state index contributed by atoms with van der Waals surface area (Å²) >= 11 is 0. The van der Waals surface area contributed by atoms with Crippen molar-refractivity contribution < 1.29 is 56.8 Å². The predicted molar refractivity (Wildman–Crippen MR) is 215 cm³/mol. The number of esters is 2. The molecule has 55 heavy (non-hydrogen) atoms. The Labute approximate surface area is 331 Å². The van der Waals surface area contributed by atoms with E-state index in [-0.39, 0.29) is 19.4 Å². The van der Waals surface area contributed by atoms with Crippen LogP contribution in [0.1, 0.15) is 149 Å². The van der Waals surface area contributed by atoms with Crippen molar-refractivity contribution in [2.75, 3.05) is 19.0 Å². The number of carbonyl (C=O) groups excluding carboxylic acids is 2. The van der Waals surface area contributed by atoms with Crippen LogP contribution in [0.5, 0.6) is 0 Å². The summed E-state index contributed by atoms with van der Waals surface area (Å²) < 4.78 is 53.9. The Hall–Kier alpha value is -2.39. The van der Waals surface area contributed by atoms with Crippen LogP contribution in [0.3, 0.4) is 0 Å². The van der Waals surface area contributed by atoms with E-state index in [1.807, 2.05) is 0 Å². The minimum absolute atomic E-state index is 0.150. The van der Waals surface area contributed by atoms with Gasteiger partial charge >= 0.3 is 11.9 Å². The van der Waals surface area contributed by atoms with Crippen molar-refractivity contribution in [2.45, 2.75) is 185 Å². The molecule has 0 radical (unpaired) electrons. The first-order chi connectivity index (χ1) is 26.5. The molecule has 0 aromatic rings. The molecule has 6 atom stereocenters. The summed E-state index contributed by atoms with van der Waals surface area (Å²) in [5.41, 5.74) is 0. The highest BCUT2D eigenvalue weighted by Crippen LogP contribution is 2.24. The molecule has 1 fully saturated rings. The lowest BCUT2D eigenvalue weighted by Gasteiger charge is -2.40. The average molecular weight is 801 g/mol. The number of hydrogen-bond acceptors (Lipinski definition) is 11. The van der Waals surface area contributed by atoms with Crippen LogP contribution >= 0.6 is 0 Å². The van der Waals surface area contributed by atoms with Crippen molar-refractivity contribution in [3.63, 3.8) is 0 Å². The summed E-state index contributed by atoms with van der Waals surface area (Å²) in [5, 5.41) is 30.8. The normalized spacial score (nSPS) is 21.3. The van der Waals surface area contributed by atoms with Crippen LogP contribution in [0.2, 0.25) is 0 Å². The Morgan fingerprint density at radius 3 is 1.73 bits per heavy atom. The molecule has 4 N–H and O–H groups in total. The summed E-state index contributed by atoms with van der Waals surface area (Å²) in [6.45, 7) is 3.54. The van der Waals surface area contributed by atoms with Gasteiger partial charge in [0.15, 0.2) is 12.4 Å². The van der Waals surface area contributed by atoms with Gasteiger partial charge in [0.1, 0.15) is 36.8 Å². The van der Waals surface area contributed by atoms with Crippen LogP contribution in [0.4, 0.5) is 0 Å². The highest BCUT2D eigenvalue weighted by Gasteiger charge is 2.46. The second-order valence-corrected chi connectivity index (χ2v) is 15.8. The molecular formula is C42H72O12S. The summed E-state index contributed by atoms with van der Waals surface area (Å²) in [7, 11) is -4.60. The zero-order valence-corrected chi connectivity index (χ0v) is 34.3. The lowest BCUT2D eigenvalue weighted by atomic mass is 10.00. The molecule has 1 heterocycles. The first kappa shape index (κ1) is 50.6. The minimum Gasteiger partial charge on any atom is -0.462 e. The maximum absolute atomic E-state index is 12.8. The fourth-order valence-corrected chi connectivity index (χ4v) is 6.62. The zero-order chi connectivity index (χ0) is 40.6. The van der Waals surface area contributed by atoms with E-state index in [9.17, 15) is 37.9 Å². The van der Waals surface area contributed by atoms with E-state index >= 15 is 0 Å². The van der Waals surface area contributed by atoms with Crippen LogP contribution in [-0.2, 0) is 38.7 Å². The largest absolute Gasteiger partial charge is 0.462 e. The maximum atomic E-state index is 12.8. The Balaban J connectivity index is 2.48. The van der Waals surface area contributed by atoms with Gasteiger partial charge in [0, 0.05) is 12.8 Å². The van der Waals surface area contributed by atoms with E-state index in [1.54, 1.807) is 0 Å². The molecule has 0 aromatic carbocycles. The second kappa shape index (κ2) is 32.7. The van der Waals surface area contributed by atoms with Crippen molar-refractivity contribution in [2.24, 2.45) is 0 Å². The van der Waals surface area contributed by atoms with Crippen molar-refractivity contribution in [3.05, 3.63) is 48.6 Å². The fraction of sp³-hybridized carbons (Fsp3) is 0.762. The molecule has 0 aliphatic carbocycles. The number of aliphatic hydroxyl groups is 3. The number of rotatable bonds is 33. The first-order valence-electron chi connectivity index (χ1n) is 20.7. The molecule has 318 valence electrons. The molecule has 1 aliphatic rings. The first-order valence-corrected chi connectivity index (χ1v) is 22.3. The van der Waals surface area contributed by atoms with Gasteiger partial charge < -0.3 is 34.3 Å². The van der Waals surface area contributed by atoms with Crippen molar-refractivity contribution in [3.8, 4) is 0 Å². The fourth-order valence-electron chi connectivity index (χ4n) is 5.93. The molecular weight excluding hydrogens is 729 g/mol. The molecule has 0 bridgehead atoms. The molecule has 0 saturated carbocycles. The third-order valence-corrected chi connectivity index (χ3v) is 9.87. The monoisotopic (exact) mass is 800 g/mol. The van der Waals surface area contributed by atoms with E-state index in [1.165, 1.54) is 0 Å². The van der Waals surface area contributed by atoms with E-state index < -0.39 is 71.2 Å². The average Bonchev–Trinajstić information content (AvgIpc) is 3.14. The zero-order valence-electron chi connectivity index (χ0n) is 33.5. The molecule has 1 saturated heterocycles. The van der Waals surface area contributed by atoms with Gasteiger partial charge in [0.2, 0.25) is 0 Å². The van der Waals surface area contributed by atoms with Gasteiger partial charge in [0.25, 0.3) is 10.1 Å².